The molecule has 0 bridgehead atoms. The number of carbonyl (C=O) groups excluding carboxylic acids is 1. The van der Waals surface area contributed by atoms with E-state index < -0.39 is 33.2 Å². The van der Waals surface area contributed by atoms with Crippen LogP contribution in [-0.4, -0.2) is 48.9 Å². The van der Waals surface area contributed by atoms with Gasteiger partial charge in [-0.2, -0.15) is 0 Å². The van der Waals surface area contributed by atoms with Gasteiger partial charge in [0.05, 0.1) is 26.4 Å². The Morgan fingerprint density at radius 3 is 1.87 bits per heavy atom. The number of hydrogen-bond acceptors (Lipinski definition) is 6. The number of ether oxygens (including phenoxy) is 2. The molecule has 1 aliphatic rings. The molecule has 4 aromatic carbocycles. The first-order valence-electron chi connectivity index (χ1n) is 18.9. The third kappa shape index (κ3) is 8.66. The Bertz CT molecular complexity index is 2160. The van der Waals surface area contributed by atoms with Crippen molar-refractivity contribution in [2.75, 3.05) is 13.7 Å². The number of Topliss-reactive ketones (excluding diaryl/α,β-unsaturated/α-hetero) is 1. The van der Waals surface area contributed by atoms with Gasteiger partial charge in [-0.15, -0.1) is 0 Å². The predicted octanol–water partition coefficient (Wildman–Crippen LogP) is 7.06. The van der Waals surface area contributed by atoms with Gasteiger partial charge in [0, 0.05) is 18.2 Å². The largest absolute Gasteiger partial charge is 0.497 e. The van der Waals surface area contributed by atoms with E-state index in [4.69, 9.17) is 13.9 Å². The van der Waals surface area contributed by atoms with Gasteiger partial charge in [-0.05, 0) is 83.7 Å². The van der Waals surface area contributed by atoms with Gasteiger partial charge in [-0.25, -0.2) is 4.79 Å². The minimum atomic E-state index is -2.53. The summed E-state index contributed by atoms with van der Waals surface area (Å²) in [7, 11) is -0.596. The van der Waals surface area contributed by atoms with Gasteiger partial charge in [0.15, 0.2) is 14.1 Å². The van der Waals surface area contributed by atoms with Gasteiger partial charge in [0.2, 0.25) is 0 Å². The molecule has 0 radical (unpaired) electrons. The summed E-state index contributed by atoms with van der Waals surface area (Å²) in [5, 5.41) is 3.26. The van der Waals surface area contributed by atoms with Gasteiger partial charge in [-0.1, -0.05) is 124 Å². The average molecular weight is 777 g/mol. The van der Waals surface area contributed by atoms with E-state index in [2.05, 4.69) is 70.3 Å². The standard InChI is InChI=1S/C45H53N2O6PSi/c1-33-29-46(44(50)47(43(33)49)30-34-23-25-37(51-5)26-24-34)42-28-35(41(53-42)31-52-55(6,7)45(2,3)4)27-36(48)32-54(38-17-11-8-12-18-38,39-19-13-9-14-20-39)40-21-15-10-16-22-40/h8-26,29,32,35,41-42H,27-28,30-31H2,1-7H3/t35-,41+,42+/m0/s1. The van der Waals surface area contributed by atoms with Crippen LogP contribution in [0.5, 0.6) is 5.75 Å². The molecule has 288 valence electrons. The molecule has 0 N–H and O–H groups in total. The zero-order valence-corrected chi connectivity index (χ0v) is 34.9. The Morgan fingerprint density at radius 1 is 0.855 bits per heavy atom. The summed E-state index contributed by atoms with van der Waals surface area (Å²) in [5.74, 6) is 2.45. The van der Waals surface area contributed by atoms with Crippen LogP contribution >= 0.6 is 6.89 Å². The molecular weight excluding hydrogens is 724 g/mol. The van der Waals surface area contributed by atoms with Crippen molar-refractivity contribution in [2.24, 2.45) is 5.92 Å². The monoisotopic (exact) mass is 776 g/mol. The van der Waals surface area contributed by atoms with Crippen LogP contribution in [0.1, 0.15) is 51.0 Å². The van der Waals surface area contributed by atoms with Crippen molar-refractivity contribution in [2.45, 2.75) is 77.5 Å². The lowest BCUT2D eigenvalue weighted by Crippen LogP contribution is -2.44. The van der Waals surface area contributed by atoms with Crippen molar-refractivity contribution < 1.29 is 18.7 Å². The van der Waals surface area contributed by atoms with Gasteiger partial charge >= 0.3 is 5.69 Å². The minimum Gasteiger partial charge on any atom is -0.497 e. The summed E-state index contributed by atoms with van der Waals surface area (Å²) in [6, 6.07) is 38.3. The number of aryl methyl sites for hydroxylation is 1. The first-order valence-corrected chi connectivity index (χ1v) is 23.7. The van der Waals surface area contributed by atoms with E-state index >= 15 is 0 Å². The maximum atomic E-state index is 14.7. The molecule has 6 rings (SSSR count). The fourth-order valence-electron chi connectivity index (χ4n) is 7.06. The second-order valence-corrected chi connectivity index (χ2v) is 24.0. The molecule has 1 aliphatic heterocycles. The van der Waals surface area contributed by atoms with Crippen LogP contribution in [0.3, 0.4) is 0 Å². The van der Waals surface area contributed by atoms with Gasteiger partial charge < -0.3 is 13.9 Å². The summed E-state index contributed by atoms with van der Waals surface area (Å²) < 4.78 is 21.5. The van der Waals surface area contributed by atoms with Crippen LogP contribution in [0, 0.1) is 12.8 Å². The summed E-state index contributed by atoms with van der Waals surface area (Å²) in [6.45, 7) is 10.6. The van der Waals surface area contributed by atoms with Crippen molar-refractivity contribution >= 4 is 42.7 Å². The highest BCUT2D eigenvalue weighted by Gasteiger charge is 2.42. The second-order valence-electron chi connectivity index (χ2n) is 16.0. The minimum absolute atomic E-state index is 0.0180. The molecule has 3 atom stereocenters. The zero-order chi connectivity index (χ0) is 39.4. The third-order valence-corrected chi connectivity index (χ3v) is 19.8. The lowest BCUT2D eigenvalue weighted by Gasteiger charge is -2.37. The Kier molecular flexibility index (Phi) is 12.2. The van der Waals surface area contributed by atoms with Crippen molar-refractivity contribution in [3.8, 4) is 5.75 Å². The van der Waals surface area contributed by atoms with Crippen LogP contribution < -0.4 is 31.9 Å². The lowest BCUT2D eigenvalue weighted by atomic mass is 9.95. The molecule has 0 saturated carbocycles. The van der Waals surface area contributed by atoms with Crippen molar-refractivity contribution in [3.05, 3.63) is 153 Å². The molecule has 2 heterocycles. The molecule has 0 amide bonds. The molecule has 1 fully saturated rings. The maximum Gasteiger partial charge on any atom is 0.333 e. The zero-order valence-electron chi connectivity index (χ0n) is 33.0. The van der Waals surface area contributed by atoms with Crippen LogP contribution in [-0.2, 0) is 20.5 Å². The van der Waals surface area contributed by atoms with Gasteiger partial charge in [0.1, 0.15) is 12.0 Å². The maximum absolute atomic E-state index is 14.7. The number of methoxy groups -OCH3 is 1. The molecule has 0 aliphatic carbocycles. The van der Waals surface area contributed by atoms with Crippen molar-refractivity contribution in [1.29, 1.82) is 0 Å². The summed E-state index contributed by atoms with van der Waals surface area (Å²) in [5.41, 5.74) is 0.423. The Hall–Kier alpha value is -4.53. The number of rotatable bonds is 13. The number of ketones is 1. The topological polar surface area (TPSA) is 88.8 Å². The predicted molar refractivity (Wildman–Crippen MR) is 228 cm³/mol. The molecule has 1 aromatic heterocycles. The SMILES string of the molecule is COc1ccc(Cn2c(=O)c(C)cn([C@H]3C[C@H](CC(=O)C=P(c4ccccc4)(c4ccccc4)c4ccccc4)[C@@H](CO[Si](C)(C)C(C)(C)C)O3)c2=O)cc1. The molecule has 0 spiro atoms. The number of benzene rings is 4. The molecule has 8 nitrogen and oxygen atoms in total. The highest BCUT2D eigenvalue weighted by atomic mass is 31.2. The molecule has 1 saturated heterocycles. The quantitative estimate of drug-likeness (QED) is 0.0941. The number of carbonyl (C=O) groups is 1. The average Bonchev–Trinajstić information content (AvgIpc) is 3.58. The fraction of sp³-hybridized carbons (Fsp3) is 0.333. The lowest BCUT2D eigenvalue weighted by molar-refractivity contribution is -0.114. The summed E-state index contributed by atoms with van der Waals surface area (Å²) >= 11 is 0. The smallest absolute Gasteiger partial charge is 0.333 e. The molecular formula is C45H53N2O6PSi. The van der Waals surface area contributed by atoms with E-state index in [1.807, 2.05) is 84.7 Å². The summed E-state index contributed by atoms with van der Waals surface area (Å²) in [6.07, 6.45) is 1.10. The van der Waals surface area contributed by atoms with Gasteiger partial charge in [0.25, 0.3) is 5.56 Å². The Labute approximate surface area is 325 Å². The highest BCUT2D eigenvalue weighted by Crippen LogP contribution is 2.45. The van der Waals surface area contributed by atoms with E-state index in [-0.39, 0.29) is 35.3 Å². The van der Waals surface area contributed by atoms with E-state index in [0.717, 1.165) is 21.5 Å². The fourth-order valence-corrected chi connectivity index (χ4v) is 11.9. The van der Waals surface area contributed by atoms with E-state index in [1.165, 1.54) is 9.13 Å². The number of aromatic nitrogens is 2. The van der Waals surface area contributed by atoms with E-state index in [9.17, 15) is 14.4 Å². The Balaban J connectivity index is 1.40. The first-order chi connectivity index (χ1) is 26.2. The summed E-state index contributed by atoms with van der Waals surface area (Å²) in [4.78, 5) is 42.2. The molecule has 0 unspecified atom stereocenters. The van der Waals surface area contributed by atoms with E-state index in [0.29, 0.717) is 24.3 Å². The molecule has 5 aromatic rings. The highest BCUT2D eigenvalue weighted by molar-refractivity contribution is 7.95. The normalized spacial score (nSPS) is 17.5. The second kappa shape index (κ2) is 16.7. The molecule has 10 heteroatoms. The van der Waals surface area contributed by atoms with E-state index in [1.54, 1.807) is 20.2 Å². The Morgan fingerprint density at radius 2 is 1.38 bits per heavy atom. The van der Waals surface area contributed by atoms with Crippen LogP contribution in [0.25, 0.3) is 0 Å². The third-order valence-electron chi connectivity index (χ3n) is 11.2. The number of hydrogen-bond donors (Lipinski definition) is 0. The van der Waals surface area contributed by atoms with Crippen molar-refractivity contribution in [3.63, 3.8) is 0 Å². The molecule has 55 heavy (non-hydrogen) atoms. The van der Waals surface area contributed by atoms with Crippen LogP contribution in [0.15, 0.2) is 131 Å². The van der Waals surface area contributed by atoms with Gasteiger partial charge in [-0.3, -0.25) is 18.7 Å². The number of nitrogens with zero attached hydrogens (tertiary/aromatic N) is 2. The van der Waals surface area contributed by atoms with Crippen LogP contribution in [0.4, 0.5) is 0 Å². The van der Waals surface area contributed by atoms with Crippen molar-refractivity contribution in [1.82, 2.24) is 9.13 Å². The van der Waals surface area contributed by atoms with Crippen LogP contribution in [0.2, 0.25) is 18.1 Å². The first kappa shape index (κ1) is 40.1.